The van der Waals surface area contributed by atoms with Crippen molar-refractivity contribution in [1.29, 1.82) is 0 Å². The van der Waals surface area contributed by atoms with Crippen LogP contribution in [0.15, 0.2) is 59.4 Å². The molecule has 1 N–H and O–H groups in total. The van der Waals surface area contributed by atoms with Gasteiger partial charge in [-0.1, -0.05) is 46.6 Å². The van der Waals surface area contributed by atoms with Crippen LogP contribution < -0.4 is 10.1 Å². The fourth-order valence-corrected chi connectivity index (χ4v) is 3.26. The van der Waals surface area contributed by atoms with Crippen molar-refractivity contribution in [2.24, 2.45) is 0 Å². The molecule has 10 heteroatoms. The fourth-order valence-electron chi connectivity index (χ4n) is 2.86. The molecule has 0 spiro atoms. The van der Waals surface area contributed by atoms with E-state index in [0.29, 0.717) is 33.7 Å². The number of halogens is 2. The molecule has 0 aliphatic rings. The van der Waals surface area contributed by atoms with Gasteiger partial charge in [0.1, 0.15) is 24.4 Å². The first-order valence-electron chi connectivity index (χ1n) is 9.26. The summed E-state index contributed by atoms with van der Waals surface area (Å²) in [7, 11) is 0. The summed E-state index contributed by atoms with van der Waals surface area (Å²) in [6.45, 7) is 2.26. The summed E-state index contributed by atoms with van der Waals surface area (Å²) in [4.78, 5) is 16.8. The number of carbonyl (C=O) groups is 1. The molecule has 1 amide bonds. The number of anilines is 1. The van der Waals surface area contributed by atoms with Crippen molar-refractivity contribution in [3.05, 3.63) is 87.5 Å². The van der Waals surface area contributed by atoms with Gasteiger partial charge in [-0.05, 0) is 42.8 Å². The number of benzene rings is 2. The van der Waals surface area contributed by atoms with Gasteiger partial charge in [-0.3, -0.25) is 10.1 Å². The van der Waals surface area contributed by atoms with Gasteiger partial charge in [-0.15, -0.1) is 5.10 Å². The Morgan fingerprint density at radius 1 is 1.16 bits per heavy atom. The Hall–Kier alpha value is -3.36. The highest BCUT2D eigenvalue weighted by molar-refractivity contribution is 6.30. The number of carbonyl (C=O) groups excluding carboxylic acids is 1. The number of aryl methyl sites for hydroxylation is 1. The van der Waals surface area contributed by atoms with Crippen LogP contribution in [0.5, 0.6) is 5.75 Å². The average Bonchev–Trinajstić information content (AvgIpc) is 3.32. The predicted molar refractivity (Wildman–Crippen MR) is 116 cm³/mol. The lowest BCUT2D eigenvalue weighted by Gasteiger charge is -2.07. The zero-order valence-corrected chi connectivity index (χ0v) is 17.9. The van der Waals surface area contributed by atoms with Crippen molar-refractivity contribution in [2.45, 2.75) is 20.1 Å². The number of nitrogens with one attached hydrogen (secondary N) is 1. The Kier molecular flexibility index (Phi) is 6.20. The van der Waals surface area contributed by atoms with Crippen LogP contribution in [0.4, 0.5) is 5.95 Å². The Bertz CT molecular complexity index is 1220. The van der Waals surface area contributed by atoms with E-state index in [2.05, 4.69) is 20.6 Å². The van der Waals surface area contributed by atoms with Crippen molar-refractivity contribution in [2.75, 3.05) is 5.32 Å². The monoisotopic (exact) mass is 457 g/mol. The third-order valence-electron chi connectivity index (χ3n) is 4.37. The Balaban J connectivity index is 1.43. The van der Waals surface area contributed by atoms with Gasteiger partial charge in [-0.2, -0.15) is 0 Å². The number of nitrogens with zero attached hydrogens (tertiary/aromatic N) is 4. The van der Waals surface area contributed by atoms with Crippen LogP contribution in [0.3, 0.4) is 0 Å². The molecule has 0 atom stereocenters. The predicted octanol–water partition coefficient (Wildman–Crippen LogP) is 4.76. The first-order valence-corrected chi connectivity index (χ1v) is 10.0. The number of ether oxygens (including phenoxy) is 1. The zero-order valence-electron chi connectivity index (χ0n) is 16.4. The minimum absolute atomic E-state index is 0.0923. The summed E-state index contributed by atoms with van der Waals surface area (Å²) in [5, 5.41) is 11.9. The molecule has 2 aromatic heterocycles. The van der Waals surface area contributed by atoms with Gasteiger partial charge >= 0.3 is 0 Å². The molecule has 31 heavy (non-hydrogen) atoms. The molecule has 2 heterocycles. The number of aromatic nitrogens is 4. The van der Waals surface area contributed by atoms with Gasteiger partial charge in [0.05, 0.1) is 12.1 Å². The Morgan fingerprint density at radius 2 is 1.94 bits per heavy atom. The second-order valence-corrected chi connectivity index (χ2v) is 7.53. The lowest BCUT2D eigenvalue weighted by molar-refractivity contribution is 0.101. The van der Waals surface area contributed by atoms with E-state index in [0.717, 1.165) is 5.56 Å². The highest BCUT2D eigenvalue weighted by Crippen LogP contribution is 2.21. The van der Waals surface area contributed by atoms with E-state index in [9.17, 15) is 4.79 Å². The summed E-state index contributed by atoms with van der Waals surface area (Å²) in [5.74, 6) is 0.698. The summed E-state index contributed by atoms with van der Waals surface area (Å²) >= 11 is 12.0. The van der Waals surface area contributed by atoms with Crippen molar-refractivity contribution < 1.29 is 14.1 Å². The fraction of sp³-hybridized carbons (Fsp3) is 0.143. The molecule has 0 bridgehead atoms. The Morgan fingerprint density at radius 3 is 2.71 bits per heavy atom. The molecule has 0 saturated heterocycles. The van der Waals surface area contributed by atoms with Crippen LogP contribution in [-0.2, 0) is 13.2 Å². The second-order valence-electron chi connectivity index (χ2n) is 6.66. The van der Waals surface area contributed by atoms with E-state index >= 15 is 0 Å². The molecule has 158 valence electrons. The van der Waals surface area contributed by atoms with E-state index in [1.54, 1.807) is 41.9 Å². The Labute approximate surface area is 187 Å². The van der Waals surface area contributed by atoms with Crippen LogP contribution in [0.25, 0.3) is 0 Å². The molecule has 4 aromatic rings. The van der Waals surface area contributed by atoms with E-state index in [-0.39, 0.29) is 18.2 Å². The number of amides is 1. The zero-order chi connectivity index (χ0) is 21.8. The van der Waals surface area contributed by atoms with E-state index in [1.807, 2.05) is 18.2 Å². The van der Waals surface area contributed by atoms with Crippen molar-refractivity contribution >= 4 is 35.1 Å². The first-order chi connectivity index (χ1) is 15.0. The van der Waals surface area contributed by atoms with Gasteiger partial charge in [0.2, 0.25) is 5.95 Å². The quantitative estimate of drug-likeness (QED) is 0.429. The summed E-state index contributed by atoms with van der Waals surface area (Å²) in [5.41, 5.74) is 1.59. The highest BCUT2D eigenvalue weighted by Gasteiger charge is 2.21. The molecule has 0 fully saturated rings. The largest absolute Gasteiger partial charge is 0.489 e. The van der Waals surface area contributed by atoms with Crippen LogP contribution >= 0.6 is 23.2 Å². The van der Waals surface area contributed by atoms with Crippen LogP contribution in [0.2, 0.25) is 10.0 Å². The van der Waals surface area contributed by atoms with Crippen molar-refractivity contribution in [3.8, 4) is 5.75 Å². The normalized spacial score (nSPS) is 10.8. The number of hydrogen-bond donors (Lipinski definition) is 1. The third-order valence-corrected chi connectivity index (χ3v) is 4.84. The molecular formula is C21H17Cl2N5O3. The minimum Gasteiger partial charge on any atom is -0.489 e. The molecule has 0 unspecified atom stereocenters. The standard InChI is InChI=1S/C21H17Cl2N5O3/c1-13-18(11-30-17-7-3-6-16(23)9-17)19(27-31-13)20(29)25-21-24-12-28(26-21)10-14-4-2-5-15(22)8-14/h2-9,12H,10-11H2,1H3,(H,25,26,29). The van der Waals surface area contributed by atoms with Gasteiger partial charge < -0.3 is 9.26 Å². The van der Waals surface area contributed by atoms with Gasteiger partial charge in [0, 0.05) is 10.0 Å². The van der Waals surface area contributed by atoms with Crippen LogP contribution in [-0.4, -0.2) is 25.8 Å². The SMILES string of the molecule is Cc1onc(C(=O)Nc2ncn(Cc3cccc(Cl)c3)n2)c1COc1cccc(Cl)c1. The van der Waals surface area contributed by atoms with E-state index in [4.69, 9.17) is 32.5 Å². The van der Waals surface area contributed by atoms with Gasteiger partial charge in [-0.25, -0.2) is 9.67 Å². The van der Waals surface area contributed by atoms with Crippen LogP contribution in [0, 0.1) is 6.92 Å². The average molecular weight is 458 g/mol. The van der Waals surface area contributed by atoms with E-state index < -0.39 is 5.91 Å². The second kappa shape index (κ2) is 9.20. The molecule has 0 aliphatic carbocycles. The maximum atomic E-state index is 12.7. The molecule has 0 saturated carbocycles. The molecule has 4 rings (SSSR count). The van der Waals surface area contributed by atoms with Gasteiger partial charge in [0.25, 0.3) is 5.91 Å². The number of hydrogen-bond acceptors (Lipinski definition) is 6. The maximum Gasteiger partial charge on any atom is 0.280 e. The highest BCUT2D eigenvalue weighted by atomic mass is 35.5. The molecular weight excluding hydrogens is 441 g/mol. The summed E-state index contributed by atoms with van der Waals surface area (Å²) in [6.07, 6.45) is 1.52. The lowest BCUT2D eigenvalue weighted by Crippen LogP contribution is -2.16. The topological polar surface area (TPSA) is 95.1 Å². The summed E-state index contributed by atoms with van der Waals surface area (Å²) in [6, 6.07) is 14.4. The smallest absolute Gasteiger partial charge is 0.280 e. The van der Waals surface area contributed by atoms with Crippen LogP contribution in [0.1, 0.15) is 27.4 Å². The van der Waals surface area contributed by atoms with E-state index in [1.165, 1.54) is 6.33 Å². The van der Waals surface area contributed by atoms with Crippen molar-refractivity contribution in [1.82, 2.24) is 19.9 Å². The molecule has 0 radical (unpaired) electrons. The molecule has 0 aliphatic heterocycles. The maximum absolute atomic E-state index is 12.7. The molecule has 8 nitrogen and oxygen atoms in total. The number of rotatable bonds is 7. The van der Waals surface area contributed by atoms with Gasteiger partial charge in [0.15, 0.2) is 5.69 Å². The summed E-state index contributed by atoms with van der Waals surface area (Å²) < 4.78 is 12.5. The minimum atomic E-state index is -0.498. The third kappa shape index (κ3) is 5.22. The molecule has 2 aromatic carbocycles. The lowest BCUT2D eigenvalue weighted by atomic mass is 10.2. The van der Waals surface area contributed by atoms with Crippen molar-refractivity contribution in [3.63, 3.8) is 0 Å². The first kappa shape index (κ1) is 20.9.